The Morgan fingerprint density at radius 2 is 2.25 bits per heavy atom. The molecule has 4 nitrogen and oxygen atoms in total. The molecule has 12 heavy (non-hydrogen) atoms. The Hall–Kier alpha value is -0.130. The highest BCUT2D eigenvalue weighted by Gasteiger charge is 2.27. The number of rotatable bonds is 3. The fraction of sp³-hybridized carbons (Fsp3) is 1.00. The van der Waals surface area contributed by atoms with Gasteiger partial charge in [-0.05, 0) is 6.42 Å². The molecule has 0 unspecified atom stereocenters. The largest absolute Gasteiger partial charge is 0.375 e. The van der Waals surface area contributed by atoms with E-state index in [4.69, 9.17) is 8.92 Å². The molecule has 1 saturated heterocycles. The first-order chi connectivity index (χ1) is 5.51. The van der Waals surface area contributed by atoms with Gasteiger partial charge in [0.1, 0.15) is 6.10 Å². The van der Waals surface area contributed by atoms with Gasteiger partial charge in [0, 0.05) is 6.42 Å². The second-order valence-electron chi connectivity index (χ2n) is 3.02. The minimum Gasteiger partial charge on any atom is -0.375 e. The number of ether oxygens (including phenoxy) is 1. The van der Waals surface area contributed by atoms with E-state index in [9.17, 15) is 8.42 Å². The van der Waals surface area contributed by atoms with Gasteiger partial charge in [-0.3, -0.25) is 4.18 Å². The first-order valence-electron chi connectivity index (χ1n) is 4.01. The molecule has 0 bridgehead atoms. The standard InChI is InChI=1S/C7H14O4S/c1-3-6-4-7(5-10-6)11-12(2,8)9/h6-7H,3-5H2,1-2H3/t6-,7-/m0/s1. The third kappa shape index (κ3) is 3.08. The van der Waals surface area contributed by atoms with Gasteiger partial charge >= 0.3 is 0 Å². The molecule has 0 aromatic rings. The zero-order valence-electron chi connectivity index (χ0n) is 7.32. The number of hydrogen-bond donors (Lipinski definition) is 0. The van der Waals surface area contributed by atoms with E-state index in [2.05, 4.69) is 0 Å². The maximum atomic E-state index is 10.7. The van der Waals surface area contributed by atoms with E-state index >= 15 is 0 Å². The second-order valence-corrected chi connectivity index (χ2v) is 4.62. The molecule has 1 heterocycles. The van der Waals surface area contributed by atoms with Crippen LogP contribution in [0.25, 0.3) is 0 Å². The summed E-state index contributed by atoms with van der Waals surface area (Å²) in [4.78, 5) is 0. The normalized spacial score (nSPS) is 30.8. The van der Waals surface area contributed by atoms with Crippen LogP contribution in [0, 0.1) is 0 Å². The average molecular weight is 194 g/mol. The van der Waals surface area contributed by atoms with E-state index in [-0.39, 0.29) is 12.2 Å². The van der Waals surface area contributed by atoms with Gasteiger partial charge in [0.2, 0.25) is 0 Å². The van der Waals surface area contributed by atoms with Crippen LogP contribution in [-0.2, 0) is 19.0 Å². The fourth-order valence-electron chi connectivity index (χ4n) is 1.27. The summed E-state index contributed by atoms with van der Waals surface area (Å²) >= 11 is 0. The van der Waals surface area contributed by atoms with Crippen LogP contribution in [0.2, 0.25) is 0 Å². The number of hydrogen-bond acceptors (Lipinski definition) is 4. The molecule has 5 heteroatoms. The van der Waals surface area contributed by atoms with Crippen molar-refractivity contribution in [3.63, 3.8) is 0 Å². The highest BCUT2D eigenvalue weighted by Crippen LogP contribution is 2.19. The van der Waals surface area contributed by atoms with Crippen molar-refractivity contribution in [2.24, 2.45) is 0 Å². The van der Waals surface area contributed by atoms with E-state index in [0.717, 1.165) is 12.7 Å². The lowest BCUT2D eigenvalue weighted by molar-refractivity contribution is 0.0933. The SMILES string of the molecule is CC[C@H]1C[C@H](OS(C)(=O)=O)CO1. The van der Waals surface area contributed by atoms with Crippen LogP contribution in [0.1, 0.15) is 19.8 Å². The van der Waals surface area contributed by atoms with Gasteiger partial charge in [-0.25, -0.2) is 0 Å². The second kappa shape index (κ2) is 3.72. The van der Waals surface area contributed by atoms with Gasteiger partial charge in [-0.1, -0.05) is 6.92 Å². The lowest BCUT2D eigenvalue weighted by Crippen LogP contribution is -2.17. The Labute approximate surface area is 73.0 Å². The van der Waals surface area contributed by atoms with Crippen LogP contribution in [0.5, 0.6) is 0 Å². The van der Waals surface area contributed by atoms with Gasteiger partial charge in [-0.15, -0.1) is 0 Å². The Kier molecular flexibility index (Phi) is 3.09. The molecule has 1 rings (SSSR count). The van der Waals surface area contributed by atoms with Crippen molar-refractivity contribution >= 4 is 10.1 Å². The zero-order chi connectivity index (χ0) is 9.19. The zero-order valence-corrected chi connectivity index (χ0v) is 8.13. The minimum absolute atomic E-state index is 0.164. The molecule has 1 aliphatic heterocycles. The van der Waals surface area contributed by atoms with Crippen LogP contribution in [0.4, 0.5) is 0 Å². The molecule has 0 radical (unpaired) electrons. The molecule has 2 atom stereocenters. The molecule has 0 saturated carbocycles. The summed E-state index contributed by atoms with van der Waals surface area (Å²) in [5.41, 5.74) is 0. The Morgan fingerprint density at radius 1 is 1.58 bits per heavy atom. The van der Waals surface area contributed by atoms with E-state index < -0.39 is 10.1 Å². The lowest BCUT2D eigenvalue weighted by atomic mass is 10.2. The summed E-state index contributed by atoms with van der Waals surface area (Å²) in [6.45, 7) is 2.40. The Balaban J connectivity index is 2.38. The summed E-state index contributed by atoms with van der Waals surface area (Å²) in [7, 11) is -3.32. The van der Waals surface area contributed by atoms with E-state index in [1.54, 1.807) is 0 Å². The van der Waals surface area contributed by atoms with Crippen molar-refractivity contribution in [3.8, 4) is 0 Å². The fourth-order valence-corrected chi connectivity index (χ4v) is 1.90. The van der Waals surface area contributed by atoms with Crippen molar-refractivity contribution < 1.29 is 17.3 Å². The molecule has 0 aromatic carbocycles. The average Bonchev–Trinajstić information content (AvgIpc) is 2.32. The maximum Gasteiger partial charge on any atom is 0.264 e. The molecule has 0 amide bonds. The third-order valence-corrected chi connectivity index (χ3v) is 2.43. The van der Waals surface area contributed by atoms with E-state index in [0.29, 0.717) is 13.0 Å². The lowest BCUT2D eigenvalue weighted by Gasteiger charge is -2.06. The molecule has 0 N–H and O–H groups in total. The quantitative estimate of drug-likeness (QED) is 0.615. The van der Waals surface area contributed by atoms with Crippen molar-refractivity contribution in [1.29, 1.82) is 0 Å². The van der Waals surface area contributed by atoms with Crippen LogP contribution in [-0.4, -0.2) is 33.5 Å². The smallest absolute Gasteiger partial charge is 0.264 e. The van der Waals surface area contributed by atoms with Gasteiger partial charge < -0.3 is 4.74 Å². The maximum absolute atomic E-state index is 10.7. The first kappa shape index (κ1) is 9.95. The summed E-state index contributed by atoms with van der Waals surface area (Å²) < 4.78 is 31.5. The van der Waals surface area contributed by atoms with Crippen LogP contribution in [0.15, 0.2) is 0 Å². The minimum atomic E-state index is -3.32. The molecule has 72 valence electrons. The van der Waals surface area contributed by atoms with Crippen molar-refractivity contribution in [2.45, 2.75) is 32.0 Å². The van der Waals surface area contributed by atoms with E-state index in [1.807, 2.05) is 6.92 Å². The molecule has 1 fully saturated rings. The summed E-state index contributed by atoms with van der Waals surface area (Å²) in [5, 5.41) is 0. The van der Waals surface area contributed by atoms with Gasteiger partial charge in [0.25, 0.3) is 10.1 Å². The predicted molar refractivity (Wildman–Crippen MR) is 44.4 cm³/mol. The Bertz CT molecular complexity index is 234. The van der Waals surface area contributed by atoms with Crippen LogP contribution in [0.3, 0.4) is 0 Å². The first-order valence-corrected chi connectivity index (χ1v) is 5.82. The highest BCUT2D eigenvalue weighted by atomic mass is 32.2. The summed E-state index contributed by atoms with van der Waals surface area (Å²) in [6.07, 6.45) is 2.54. The van der Waals surface area contributed by atoms with Crippen molar-refractivity contribution in [1.82, 2.24) is 0 Å². The molecule has 0 aliphatic carbocycles. The van der Waals surface area contributed by atoms with Gasteiger partial charge in [-0.2, -0.15) is 8.42 Å². The monoisotopic (exact) mass is 194 g/mol. The summed E-state index contributed by atoms with van der Waals surface area (Å²) in [5.74, 6) is 0. The predicted octanol–water partition coefficient (Wildman–Crippen LogP) is 0.530. The van der Waals surface area contributed by atoms with Crippen molar-refractivity contribution in [2.75, 3.05) is 12.9 Å². The van der Waals surface area contributed by atoms with Crippen LogP contribution >= 0.6 is 0 Å². The molecular weight excluding hydrogens is 180 g/mol. The molecule has 0 aromatic heterocycles. The highest BCUT2D eigenvalue weighted by molar-refractivity contribution is 7.86. The third-order valence-electron chi connectivity index (χ3n) is 1.81. The Morgan fingerprint density at radius 3 is 2.67 bits per heavy atom. The topological polar surface area (TPSA) is 52.6 Å². The van der Waals surface area contributed by atoms with E-state index in [1.165, 1.54) is 0 Å². The molecule has 0 spiro atoms. The summed E-state index contributed by atoms with van der Waals surface area (Å²) in [6, 6.07) is 0. The van der Waals surface area contributed by atoms with Gasteiger partial charge in [0.05, 0.1) is 19.0 Å². The van der Waals surface area contributed by atoms with Gasteiger partial charge in [0.15, 0.2) is 0 Å². The van der Waals surface area contributed by atoms with Crippen LogP contribution < -0.4 is 0 Å². The van der Waals surface area contributed by atoms with Crippen molar-refractivity contribution in [3.05, 3.63) is 0 Å². The molecule has 1 aliphatic rings. The molecular formula is C7H14O4S.